The summed E-state index contributed by atoms with van der Waals surface area (Å²) in [6.07, 6.45) is -1.41. The predicted octanol–water partition coefficient (Wildman–Crippen LogP) is 1.53. The summed E-state index contributed by atoms with van der Waals surface area (Å²) in [4.78, 5) is 27.0. The lowest BCUT2D eigenvalue weighted by molar-refractivity contribution is -0.141. The topological polar surface area (TPSA) is 76.3 Å². The first-order valence-electron chi connectivity index (χ1n) is 7.37. The lowest BCUT2D eigenvalue weighted by Gasteiger charge is -2.33. The van der Waals surface area contributed by atoms with Crippen molar-refractivity contribution in [1.29, 1.82) is 0 Å². The molecule has 1 saturated heterocycles. The Bertz CT molecular complexity index is 825. The zero-order valence-corrected chi connectivity index (χ0v) is 13.5. The average molecular weight is 356 g/mol. The van der Waals surface area contributed by atoms with Gasteiger partial charge in [-0.15, -0.1) is 0 Å². The lowest BCUT2D eigenvalue weighted by Crippen LogP contribution is -2.52. The van der Waals surface area contributed by atoms with Crippen molar-refractivity contribution in [3.63, 3.8) is 0 Å². The molecule has 0 radical (unpaired) electrons. The van der Waals surface area contributed by atoms with Crippen LogP contribution in [0.5, 0.6) is 0 Å². The number of halogens is 3. The zero-order chi connectivity index (χ0) is 18.4. The van der Waals surface area contributed by atoms with Gasteiger partial charge < -0.3 is 0 Å². The Morgan fingerprint density at radius 3 is 2.52 bits per heavy atom. The molecule has 1 aliphatic heterocycles. The van der Waals surface area contributed by atoms with Crippen molar-refractivity contribution in [2.45, 2.75) is 19.1 Å². The highest BCUT2D eigenvalue weighted by Crippen LogP contribution is 2.29. The van der Waals surface area contributed by atoms with E-state index in [0.29, 0.717) is 5.69 Å². The van der Waals surface area contributed by atoms with Crippen molar-refractivity contribution < 1.29 is 22.8 Å². The van der Waals surface area contributed by atoms with Gasteiger partial charge >= 0.3 is 12.2 Å². The number of anilines is 1. The molecule has 134 valence electrons. The molecule has 0 unspecified atom stereocenters. The third-order valence-electron chi connectivity index (χ3n) is 3.90. The number of carbonyl (C=O) groups excluding carboxylic acids is 2. The second-order valence-electron chi connectivity index (χ2n) is 5.68. The Kier molecular flexibility index (Phi) is 4.01. The lowest BCUT2D eigenvalue weighted by atomic mass is 10.2. The van der Waals surface area contributed by atoms with Crippen molar-refractivity contribution in [3.05, 3.63) is 29.8 Å². The summed E-state index contributed by atoms with van der Waals surface area (Å²) in [7, 11) is 3.03. The number of rotatable bonds is 3. The van der Waals surface area contributed by atoms with Crippen LogP contribution in [0.1, 0.15) is 17.8 Å². The minimum absolute atomic E-state index is 0.0740. The molecule has 3 amide bonds. The van der Waals surface area contributed by atoms with E-state index in [0.717, 1.165) is 15.6 Å². The average Bonchev–Trinajstić information content (AvgIpc) is 3.09. The van der Waals surface area contributed by atoms with Crippen LogP contribution in [-0.4, -0.2) is 42.9 Å². The van der Waals surface area contributed by atoms with Gasteiger partial charge in [0.2, 0.25) is 5.91 Å². The monoisotopic (exact) mass is 356 g/mol. The summed E-state index contributed by atoms with van der Waals surface area (Å²) in [5.41, 5.74) is -0.431. The number of aryl methyl sites for hydroxylation is 2. The number of imide groups is 1. The van der Waals surface area contributed by atoms with Gasteiger partial charge in [0.25, 0.3) is 0 Å². The fourth-order valence-corrected chi connectivity index (χ4v) is 2.59. The number of aromatic nitrogens is 4. The van der Waals surface area contributed by atoms with Crippen LogP contribution < -0.4 is 4.90 Å². The predicted molar refractivity (Wildman–Crippen MR) is 79.3 cm³/mol. The molecule has 0 atom stereocenters. The molecule has 0 aromatic carbocycles. The quantitative estimate of drug-likeness (QED) is 0.836. The SMILES string of the molecule is Cn1cc(N2CCC(=O)N(Cc3cc(C(F)(F)F)nn3C)C2=O)cn1. The van der Waals surface area contributed by atoms with Crippen molar-refractivity contribution in [2.24, 2.45) is 14.1 Å². The summed E-state index contributed by atoms with van der Waals surface area (Å²) in [6.45, 7) is -0.0902. The van der Waals surface area contributed by atoms with Crippen molar-refractivity contribution in [1.82, 2.24) is 24.5 Å². The molecule has 11 heteroatoms. The number of hydrogen-bond donors (Lipinski definition) is 0. The third-order valence-corrected chi connectivity index (χ3v) is 3.90. The Morgan fingerprint density at radius 2 is 1.96 bits per heavy atom. The number of hydrogen-bond acceptors (Lipinski definition) is 4. The second kappa shape index (κ2) is 5.90. The molecule has 8 nitrogen and oxygen atoms in total. The van der Waals surface area contributed by atoms with Gasteiger partial charge in [-0.25, -0.2) is 4.79 Å². The highest BCUT2D eigenvalue weighted by molar-refractivity contribution is 6.05. The van der Waals surface area contributed by atoms with Gasteiger partial charge in [-0.3, -0.25) is 24.0 Å². The van der Waals surface area contributed by atoms with Crippen LogP contribution in [0.4, 0.5) is 23.7 Å². The van der Waals surface area contributed by atoms with Gasteiger partial charge in [0.05, 0.1) is 24.1 Å². The summed E-state index contributed by atoms with van der Waals surface area (Å²) >= 11 is 0. The number of carbonyl (C=O) groups is 2. The number of urea groups is 1. The summed E-state index contributed by atoms with van der Waals surface area (Å²) in [5.74, 6) is -0.445. The molecule has 1 fully saturated rings. The zero-order valence-electron chi connectivity index (χ0n) is 13.5. The number of alkyl halides is 3. The van der Waals surface area contributed by atoms with E-state index in [1.807, 2.05) is 0 Å². The molecule has 25 heavy (non-hydrogen) atoms. The Hall–Kier alpha value is -2.85. The van der Waals surface area contributed by atoms with Crippen LogP contribution in [0.15, 0.2) is 18.5 Å². The van der Waals surface area contributed by atoms with E-state index < -0.39 is 23.8 Å². The molecule has 0 N–H and O–H groups in total. The van der Waals surface area contributed by atoms with E-state index >= 15 is 0 Å². The molecule has 3 rings (SSSR count). The third kappa shape index (κ3) is 3.21. The molecule has 2 aromatic heterocycles. The molecule has 0 bridgehead atoms. The van der Waals surface area contributed by atoms with Gasteiger partial charge in [0.1, 0.15) is 0 Å². The van der Waals surface area contributed by atoms with Gasteiger partial charge in [0.15, 0.2) is 5.69 Å². The minimum Gasteiger partial charge on any atom is -0.290 e. The Balaban J connectivity index is 1.84. The molecule has 3 heterocycles. The van der Waals surface area contributed by atoms with Crippen molar-refractivity contribution >= 4 is 17.6 Å². The number of nitrogens with zero attached hydrogens (tertiary/aromatic N) is 6. The summed E-state index contributed by atoms with van der Waals surface area (Å²) in [5, 5.41) is 7.37. The number of amides is 3. The minimum atomic E-state index is -4.59. The van der Waals surface area contributed by atoms with Crippen LogP contribution in [0.25, 0.3) is 0 Å². The maximum Gasteiger partial charge on any atom is 0.435 e. The largest absolute Gasteiger partial charge is 0.435 e. The van der Waals surface area contributed by atoms with Crippen LogP contribution >= 0.6 is 0 Å². The summed E-state index contributed by atoms with van der Waals surface area (Å²) in [6, 6.07) is 0.239. The van der Waals surface area contributed by atoms with E-state index in [1.165, 1.54) is 22.8 Å². The van der Waals surface area contributed by atoms with Crippen LogP contribution in [0.3, 0.4) is 0 Å². The molecule has 2 aromatic rings. The molecular formula is C14H15F3N6O2. The van der Waals surface area contributed by atoms with Gasteiger partial charge in [-0.05, 0) is 6.07 Å². The summed E-state index contributed by atoms with van der Waals surface area (Å²) < 4.78 is 40.8. The first kappa shape index (κ1) is 17.0. The van der Waals surface area contributed by atoms with Crippen LogP contribution in [0, 0.1) is 0 Å². The maximum atomic E-state index is 12.8. The van der Waals surface area contributed by atoms with Crippen molar-refractivity contribution in [3.8, 4) is 0 Å². The maximum absolute atomic E-state index is 12.8. The van der Waals surface area contributed by atoms with E-state index in [4.69, 9.17) is 0 Å². The van der Waals surface area contributed by atoms with Gasteiger partial charge in [-0.2, -0.15) is 23.4 Å². The smallest absolute Gasteiger partial charge is 0.290 e. The Labute approximate surface area is 140 Å². The molecule has 1 aliphatic rings. The van der Waals surface area contributed by atoms with Gasteiger partial charge in [-0.1, -0.05) is 0 Å². The van der Waals surface area contributed by atoms with Gasteiger partial charge in [0, 0.05) is 33.3 Å². The first-order valence-corrected chi connectivity index (χ1v) is 7.37. The molecule has 0 saturated carbocycles. The first-order chi connectivity index (χ1) is 11.7. The molecule has 0 aliphatic carbocycles. The van der Waals surface area contributed by atoms with Crippen LogP contribution in [0.2, 0.25) is 0 Å². The van der Waals surface area contributed by atoms with E-state index in [1.54, 1.807) is 13.2 Å². The highest BCUT2D eigenvalue weighted by atomic mass is 19.4. The second-order valence-corrected chi connectivity index (χ2v) is 5.68. The molecular weight excluding hydrogens is 341 g/mol. The molecule has 0 spiro atoms. The highest BCUT2D eigenvalue weighted by Gasteiger charge is 2.37. The fraction of sp³-hybridized carbons (Fsp3) is 0.429. The fourth-order valence-electron chi connectivity index (χ4n) is 2.59. The normalized spacial score (nSPS) is 16.0. The van der Waals surface area contributed by atoms with Crippen molar-refractivity contribution in [2.75, 3.05) is 11.4 Å². The standard InChI is InChI=1S/C14H15F3N6O2/c1-20-7-10(6-18-20)22-4-3-12(24)23(13(22)25)8-9-5-11(14(15,16)17)19-21(9)2/h5-7H,3-4,8H2,1-2H3. The van der Waals surface area contributed by atoms with E-state index in [9.17, 15) is 22.8 Å². The van der Waals surface area contributed by atoms with Crippen LogP contribution in [-0.2, 0) is 31.6 Å². The Morgan fingerprint density at radius 1 is 1.24 bits per heavy atom. The van der Waals surface area contributed by atoms with E-state index in [-0.39, 0.29) is 25.2 Å². The van der Waals surface area contributed by atoms with E-state index in [2.05, 4.69) is 10.2 Å².